The summed E-state index contributed by atoms with van der Waals surface area (Å²) < 4.78 is 52.9. The molecule has 106 valence electrons. The summed E-state index contributed by atoms with van der Waals surface area (Å²) in [6.45, 7) is 0. The summed E-state index contributed by atoms with van der Waals surface area (Å²) in [5.74, 6) is -1.37. The standard InChI is InChI=1S/C12H7BrClF2NO2S/c13-9-3-2-8(6-11(9)16)17-20(18,19)12-5-7(15)1-4-10(12)14/h1-6,17H. The summed E-state index contributed by atoms with van der Waals surface area (Å²) in [6.07, 6.45) is 0. The first-order valence-corrected chi connectivity index (χ1v) is 7.88. The van der Waals surface area contributed by atoms with Crippen molar-refractivity contribution in [2.45, 2.75) is 4.90 Å². The second-order valence-corrected chi connectivity index (χ2v) is 6.72. The number of anilines is 1. The van der Waals surface area contributed by atoms with Crippen molar-refractivity contribution < 1.29 is 17.2 Å². The van der Waals surface area contributed by atoms with Crippen molar-refractivity contribution in [3.05, 3.63) is 57.5 Å². The van der Waals surface area contributed by atoms with E-state index < -0.39 is 26.6 Å². The molecular formula is C12H7BrClF2NO2S. The normalized spacial score (nSPS) is 11.4. The highest BCUT2D eigenvalue weighted by molar-refractivity contribution is 9.10. The molecule has 3 nitrogen and oxygen atoms in total. The zero-order valence-corrected chi connectivity index (χ0v) is 12.9. The van der Waals surface area contributed by atoms with E-state index in [1.807, 2.05) is 0 Å². The Morgan fingerprint density at radius 1 is 1.10 bits per heavy atom. The van der Waals surface area contributed by atoms with Gasteiger partial charge in [-0.15, -0.1) is 0 Å². The van der Waals surface area contributed by atoms with Crippen molar-refractivity contribution >= 4 is 43.2 Å². The van der Waals surface area contributed by atoms with E-state index >= 15 is 0 Å². The van der Waals surface area contributed by atoms with E-state index in [1.54, 1.807) is 0 Å². The zero-order chi connectivity index (χ0) is 14.9. The smallest absolute Gasteiger partial charge is 0.263 e. The molecule has 2 aromatic carbocycles. The fraction of sp³-hybridized carbons (Fsp3) is 0. The largest absolute Gasteiger partial charge is 0.279 e. The summed E-state index contributed by atoms with van der Waals surface area (Å²) in [5, 5.41) is -0.128. The highest BCUT2D eigenvalue weighted by Crippen LogP contribution is 2.26. The summed E-state index contributed by atoms with van der Waals surface area (Å²) in [5.41, 5.74) is 0.00558. The van der Waals surface area contributed by atoms with Crippen LogP contribution in [-0.4, -0.2) is 8.42 Å². The van der Waals surface area contributed by atoms with Crippen LogP contribution in [0.4, 0.5) is 14.5 Å². The van der Waals surface area contributed by atoms with Gasteiger partial charge in [-0.1, -0.05) is 11.6 Å². The fourth-order valence-corrected chi connectivity index (χ4v) is 3.26. The van der Waals surface area contributed by atoms with Crippen LogP contribution in [0.3, 0.4) is 0 Å². The molecule has 0 aliphatic carbocycles. The molecular weight excluding hydrogens is 376 g/mol. The minimum Gasteiger partial charge on any atom is -0.279 e. The first kappa shape index (κ1) is 15.2. The Balaban J connectivity index is 2.40. The summed E-state index contributed by atoms with van der Waals surface area (Å²) in [7, 11) is -4.10. The average Bonchev–Trinajstić information content (AvgIpc) is 2.36. The maximum absolute atomic E-state index is 13.3. The van der Waals surface area contributed by atoms with Gasteiger partial charge >= 0.3 is 0 Å². The summed E-state index contributed by atoms with van der Waals surface area (Å²) >= 11 is 8.69. The molecule has 0 atom stereocenters. The molecule has 1 N–H and O–H groups in total. The highest BCUT2D eigenvalue weighted by Gasteiger charge is 2.19. The van der Waals surface area contributed by atoms with E-state index in [9.17, 15) is 17.2 Å². The van der Waals surface area contributed by atoms with Crippen LogP contribution in [0.1, 0.15) is 0 Å². The van der Waals surface area contributed by atoms with Crippen molar-refractivity contribution in [2.75, 3.05) is 4.72 Å². The van der Waals surface area contributed by atoms with Gasteiger partial charge in [0.15, 0.2) is 0 Å². The third kappa shape index (κ3) is 3.28. The fourth-order valence-electron chi connectivity index (χ4n) is 1.45. The number of rotatable bonds is 3. The van der Waals surface area contributed by atoms with Gasteiger partial charge in [-0.2, -0.15) is 0 Å². The molecule has 0 saturated heterocycles. The van der Waals surface area contributed by atoms with Gasteiger partial charge in [0.05, 0.1) is 15.2 Å². The van der Waals surface area contributed by atoms with Crippen molar-refractivity contribution in [2.24, 2.45) is 0 Å². The molecule has 0 unspecified atom stereocenters. The first-order chi connectivity index (χ1) is 9.29. The third-order valence-corrected chi connectivity index (χ3v) is 4.86. The van der Waals surface area contributed by atoms with Crippen LogP contribution in [0.5, 0.6) is 0 Å². The van der Waals surface area contributed by atoms with Crippen molar-refractivity contribution in [1.82, 2.24) is 0 Å². The zero-order valence-electron chi connectivity index (χ0n) is 9.70. The van der Waals surface area contributed by atoms with Gasteiger partial charge in [0.2, 0.25) is 0 Å². The predicted molar refractivity (Wildman–Crippen MR) is 76.3 cm³/mol. The molecule has 0 amide bonds. The number of nitrogens with one attached hydrogen (secondary N) is 1. The van der Waals surface area contributed by atoms with Gasteiger partial charge in [-0.05, 0) is 52.3 Å². The molecule has 20 heavy (non-hydrogen) atoms. The van der Waals surface area contributed by atoms with E-state index in [2.05, 4.69) is 20.7 Å². The Morgan fingerprint density at radius 3 is 2.45 bits per heavy atom. The van der Waals surface area contributed by atoms with Crippen LogP contribution in [0, 0.1) is 11.6 Å². The number of hydrogen-bond acceptors (Lipinski definition) is 2. The van der Waals surface area contributed by atoms with E-state index in [0.29, 0.717) is 0 Å². The second-order valence-electron chi connectivity index (χ2n) is 3.81. The molecule has 0 aliphatic rings. The Labute approximate surface area is 127 Å². The number of halogens is 4. The third-order valence-electron chi connectivity index (χ3n) is 2.35. The molecule has 0 spiro atoms. The van der Waals surface area contributed by atoms with Crippen LogP contribution >= 0.6 is 27.5 Å². The lowest BCUT2D eigenvalue weighted by Gasteiger charge is -2.10. The quantitative estimate of drug-likeness (QED) is 0.865. The van der Waals surface area contributed by atoms with Crippen molar-refractivity contribution in [3.8, 4) is 0 Å². The molecule has 2 aromatic rings. The summed E-state index contributed by atoms with van der Waals surface area (Å²) in [6, 6.07) is 6.67. The van der Waals surface area contributed by atoms with Crippen LogP contribution in [0.25, 0.3) is 0 Å². The molecule has 0 bridgehead atoms. The molecule has 0 aliphatic heterocycles. The van der Waals surface area contributed by atoms with Gasteiger partial charge in [0.25, 0.3) is 10.0 Å². The molecule has 0 radical (unpaired) electrons. The van der Waals surface area contributed by atoms with Crippen LogP contribution in [0.2, 0.25) is 5.02 Å². The van der Waals surface area contributed by atoms with Gasteiger partial charge in [0, 0.05) is 0 Å². The van der Waals surface area contributed by atoms with E-state index in [-0.39, 0.29) is 15.2 Å². The monoisotopic (exact) mass is 381 g/mol. The maximum atomic E-state index is 13.3. The second kappa shape index (κ2) is 5.67. The maximum Gasteiger partial charge on any atom is 0.263 e. The van der Waals surface area contributed by atoms with E-state index in [0.717, 1.165) is 24.3 Å². The highest BCUT2D eigenvalue weighted by atomic mass is 79.9. The Hall–Kier alpha value is -1.18. The SMILES string of the molecule is O=S(=O)(Nc1ccc(Br)c(F)c1)c1cc(F)ccc1Cl. The number of benzene rings is 2. The lowest BCUT2D eigenvalue weighted by molar-refractivity contribution is 0.595. The van der Waals surface area contributed by atoms with Crippen LogP contribution in [0.15, 0.2) is 45.8 Å². The van der Waals surface area contributed by atoms with Gasteiger partial charge in [0.1, 0.15) is 16.5 Å². The van der Waals surface area contributed by atoms with Crippen LogP contribution in [-0.2, 0) is 10.0 Å². The molecule has 0 heterocycles. The molecule has 0 aromatic heterocycles. The van der Waals surface area contributed by atoms with Gasteiger partial charge in [-0.3, -0.25) is 4.72 Å². The van der Waals surface area contributed by atoms with Gasteiger partial charge in [-0.25, -0.2) is 17.2 Å². The molecule has 0 fully saturated rings. The Morgan fingerprint density at radius 2 is 1.80 bits per heavy atom. The average molecular weight is 383 g/mol. The molecule has 8 heteroatoms. The predicted octanol–water partition coefficient (Wildman–Crippen LogP) is 4.18. The Kier molecular flexibility index (Phi) is 4.31. The van der Waals surface area contributed by atoms with Crippen molar-refractivity contribution in [3.63, 3.8) is 0 Å². The summed E-state index contributed by atoms with van der Waals surface area (Å²) in [4.78, 5) is -0.414. The molecule has 0 saturated carbocycles. The lowest BCUT2D eigenvalue weighted by atomic mass is 10.3. The van der Waals surface area contributed by atoms with Crippen LogP contribution < -0.4 is 4.72 Å². The first-order valence-electron chi connectivity index (χ1n) is 5.22. The van der Waals surface area contributed by atoms with Gasteiger partial charge < -0.3 is 0 Å². The number of hydrogen-bond donors (Lipinski definition) is 1. The van der Waals surface area contributed by atoms with E-state index in [4.69, 9.17) is 11.6 Å². The van der Waals surface area contributed by atoms with E-state index in [1.165, 1.54) is 12.1 Å². The Bertz CT molecular complexity index is 768. The molecule has 2 rings (SSSR count). The van der Waals surface area contributed by atoms with Crippen molar-refractivity contribution in [1.29, 1.82) is 0 Å². The topological polar surface area (TPSA) is 46.2 Å². The number of sulfonamides is 1. The minimum atomic E-state index is -4.10. The lowest BCUT2D eigenvalue weighted by Crippen LogP contribution is -2.14. The minimum absolute atomic E-state index is 0.00558.